The molecule has 0 rings (SSSR count). The Hall–Kier alpha value is 0.440. The zero-order valence-corrected chi connectivity index (χ0v) is 22.0. The summed E-state index contributed by atoms with van der Waals surface area (Å²) in [5.41, 5.74) is 0. The van der Waals surface area contributed by atoms with Gasteiger partial charge in [-0.15, -0.1) is 0 Å². The molecule has 0 heterocycles. The van der Waals surface area contributed by atoms with Crippen LogP contribution in [-0.2, 0) is 0 Å². The molecule has 0 aromatic heterocycles. The topological polar surface area (TPSA) is 0 Å². The van der Waals surface area contributed by atoms with E-state index in [1.165, 1.54) is 146 Å². The summed E-state index contributed by atoms with van der Waals surface area (Å²) in [5, 5.41) is 0. The van der Waals surface area contributed by atoms with Gasteiger partial charge in [0.05, 0.1) is 26.2 Å². The van der Waals surface area contributed by atoms with Gasteiger partial charge in [0, 0.05) is 0 Å². The number of unbranched alkanes of at least 4 members (excludes halogenated alkanes) is 14. The Balaban J connectivity index is 0. The SMILES string of the molecule is CCCCCCCC[N+](CCCCCC)(CCCCCC)CCCCCC.[Br-]. The normalized spacial score (nSPS) is 11.6. The minimum atomic E-state index is 0. The monoisotopic (exact) mass is 461 g/mol. The fraction of sp³-hybridized carbons (Fsp3) is 1.00. The van der Waals surface area contributed by atoms with Crippen LogP contribution in [0.1, 0.15) is 143 Å². The second kappa shape index (κ2) is 23.7. The molecule has 0 atom stereocenters. The third-order valence-corrected chi connectivity index (χ3v) is 6.44. The number of hydrogen-bond donors (Lipinski definition) is 0. The van der Waals surface area contributed by atoms with E-state index in [2.05, 4.69) is 27.7 Å². The van der Waals surface area contributed by atoms with Crippen molar-refractivity contribution in [3.8, 4) is 0 Å². The van der Waals surface area contributed by atoms with Crippen molar-refractivity contribution in [2.24, 2.45) is 0 Å². The van der Waals surface area contributed by atoms with Gasteiger partial charge >= 0.3 is 0 Å². The van der Waals surface area contributed by atoms with Crippen molar-refractivity contribution in [2.45, 2.75) is 143 Å². The van der Waals surface area contributed by atoms with Crippen LogP contribution < -0.4 is 17.0 Å². The van der Waals surface area contributed by atoms with Crippen LogP contribution in [0.4, 0.5) is 0 Å². The van der Waals surface area contributed by atoms with E-state index in [4.69, 9.17) is 0 Å². The van der Waals surface area contributed by atoms with Crippen LogP contribution in [-0.4, -0.2) is 30.7 Å². The summed E-state index contributed by atoms with van der Waals surface area (Å²) in [6.45, 7) is 15.2. The largest absolute Gasteiger partial charge is 1.00 e. The predicted molar refractivity (Wildman–Crippen MR) is 126 cm³/mol. The lowest BCUT2D eigenvalue weighted by atomic mass is 10.1. The minimum Gasteiger partial charge on any atom is -1.00 e. The fourth-order valence-electron chi connectivity index (χ4n) is 4.52. The average molecular weight is 463 g/mol. The van der Waals surface area contributed by atoms with E-state index in [9.17, 15) is 0 Å². The Kier molecular flexibility index (Phi) is 25.9. The van der Waals surface area contributed by atoms with Crippen molar-refractivity contribution < 1.29 is 21.5 Å². The first-order valence-electron chi connectivity index (χ1n) is 13.1. The maximum atomic E-state index is 2.34. The summed E-state index contributed by atoms with van der Waals surface area (Å²) < 4.78 is 1.46. The van der Waals surface area contributed by atoms with Gasteiger partial charge in [-0.2, -0.15) is 0 Å². The summed E-state index contributed by atoms with van der Waals surface area (Å²) in [4.78, 5) is 0. The zero-order chi connectivity index (χ0) is 20.1. The Morgan fingerprint density at radius 1 is 0.321 bits per heavy atom. The van der Waals surface area contributed by atoms with Gasteiger partial charge in [0.25, 0.3) is 0 Å². The molecule has 2 heteroatoms. The summed E-state index contributed by atoms with van der Waals surface area (Å²) >= 11 is 0. The first-order chi connectivity index (χ1) is 13.2. The van der Waals surface area contributed by atoms with E-state index in [0.717, 1.165) is 0 Å². The first kappa shape index (κ1) is 30.6. The molecule has 0 aliphatic carbocycles. The molecule has 0 aromatic carbocycles. The van der Waals surface area contributed by atoms with Gasteiger partial charge < -0.3 is 21.5 Å². The summed E-state index contributed by atoms with van der Waals surface area (Å²) in [6, 6.07) is 0. The number of rotatable bonds is 22. The third-order valence-electron chi connectivity index (χ3n) is 6.44. The second-order valence-corrected chi connectivity index (χ2v) is 9.19. The van der Waals surface area contributed by atoms with Crippen LogP contribution in [0.2, 0.25) is 0 Å². The molecule has 172 valence electrons. The van der Waals surface area contributed by atoms with Crippen LogP contribution in [0.5, 0.6) is 0 Å². The number of halogens is 1. The molecule has 0 aliphatic rings. The minimum absolute atomic E-state index is 0. The average Bonchev–Trinajstić information content (AvgIpc) is 2.68. The van der Waals surface area contributed by atoms with Crippen LogP contribution in [0.3, 0.4) is 0 Å². The molecular formula is C26H56BrN. The van der Waals surface area contributed by atoms with Gasteiger partial charge in [0.15, 0.2) is 0 Å². The molecular weight excluding hydrogens is 406 g/mol. The lowest BCUT2D eigenvalue weighted by molar-refractivity contribution is -0.929. The summed E-state index contributed by atoms with van der Waals surface area (Å²) in [5.74, 6) is 0. The molecule has 28 heavy (non-hydrogen) atoms. The van der Waals surface area contributed by atoms with Gasteiger partial charge in [-0.1, -0.05) is 91.9 Å². The molecule has 0 bridgehead atoms. The van der Waals surface area contributed by atoms with Crippen molar-refractivity contribution >= 4 is 0 Å². The van der Waals surface area contributed by atoms with Crippen molar-refractivity contribution in [3.05, 3.63) is 0 Å². The number of quaternary nitrogens is 1. The maximum absolute atomic E-state index is 2.34. The molecule has 0 saturated heterocycles. The molecule has 0 radical (unpaired) electrons. The lowest BCUT2D eigenvalue weighted by Crippen LogP contribution is -3.00. The highest BCUT2D eigenvalue weighted by Gasteiger charge is 2.25. The van der Waals surface area contributed by atoms with E-state index in [1.807, 2.05) is 0 Å². The Morgan fingerprint density at radius 3 is 0.821 bits per heavy atom. The molecule has 0 saturated carbocycles. The number of nitrogens with zero attached hydrogens (tertiary/aromatic N) is 1. The van der Waals surface area contributed by atoms with Crippen molar-refractivity contribution in [1.82, 2.24) is 0 Å². The van der Waals surface area contributed by atoms with E-state index >= 15 is 0 Å². The van der Waals surface area contributed by atoms with Crippen LogP contribution in [0.15, 0.2) is 0 Å². The fourth-order valence-corrected chi connectivity index (χ4v) is 4.52. The van der Waals surface area contributed by atoms with Crippen LogP contribution in [0, 0.1) is 0 Å². The smallest absolute Gasteiger partial charge is 0.0786 e. The molecule has 0 unspecified atom stereocenters. The number of hydrogen-bond acceptors (Lipinski definition) is 0. The van der Waals surface area contributed by atoms with E-state index in [1.54, 1.807) is 0 Å². The highest BCUT2D eigenvalue weighted by Crippen LogP contribution is 2.19. The van der Waals surface area contributed by atoms with E-state index in [0.29, 0.717) is 0 Å². The van der Waals surface area contributed by atoms with Crippen molar-refractivity contribution in [2.75, 3.05) is 26.2 Å². The standard InChI is InChI=1S/C26H56N.BrH/c1-5-9-13-17-18-22-26-27(23-19-14-10-6-2,24-20-15-11-7-3)25-21-16-12-8-4;/h5-26H2,1-4H3;1H/q+1;/p-1. The lowest BCUT2D eigenvalue weighted by Gasteiger charge is -2.39. The van der Waals surface area contributed by atoms with E-state index in [-0.39, 0.29) is 17.0 Å². The molecule has 0 aromatic rings. The van der Waals surface area contributed by atoms with Gasteiger partial charge in [-0.05, 0) is 51.4 Å². The predicted octanol–water partition coefficient (Wildman–Crippen LogP) is 5.91. The maximum Gasteiger partial charge on any atom is 0.0786 e. The highest BCUT2D eigenvalue weighted by atomic mass is 79.9. The van der Waals surface area contributed by atoms with Gasteiger partial charge in [-0.3, -0.25) is 0 Å². The summed E-state index contributed by atoms with van der Waals surface area (Å²) in [7, 11) is 0. The Bertz CT molecular complexity index is 248. The van der Waals surface area contributed by atoms with Crippen LogP contribution >= 0.6 is 0 Å². The molecule has 1 nitrogen and oxygen atoms in total. The Morgan fingerprint density at radius 2 is 0.536 bits per heavy atom. The molecule has 0 spiro atoms. The Labute approximate surface area is 190 Å². The van der Waals surface area contributed by atoms with Gasteiger partial charge in [0.1, 0.15) is 0 Å². The summed E-state index contributed by atoms with van der Waals surface area (Å²) in [6.07, 6.45) is 25.8. The zero-order valence-electron chi connectivity index (χ0n) is 20.4. The molecule has 0 amide bonds. The van der Waals surface area contributed by atoms with E-state index < -0.39 is 0 Å². The second-order valence-electron chi connectivity index (χ2n) is 9.19. The van der Waals surface area contributed by atoms with Gasteiger partial charge in [0.2, 0.25) is 0 Å². The quantitative estimate of drug-likeness (QED) is 0.139. The van der Waals surface area contributed by atoms with Crippen molar-refractivity contribution in [1.29, 1.82) is 0 Å². The van der Waals surface area contributed by atoms with Crippen molar-refractivity contribution in [3.63, 3.8) is 0 Å². The first-order valence-corrected chi connectivity index (χ1v) is 13.1. The molecule has 0 N–H and O–H groups in total. The molecule has 0 fully saturated rings. The van der Waals surface area contributed by atoms with Crippen LogP contribution in [0.25, 0.3) is 0 Å². The third kappa shape index (κ3) is 18.5. The van der Waals surface area contributed by atoms with Gasteiger partial charge in [-0.25, -0.2) is 0 Å². The molecule has 0 aliphatic heterocycles. The highest BCUT2D eigenvalue weighted by molar-refractivity contribution is 4.53.